The van der Waals surface area contributed by atoms with E-state index in [4.69, 9.17) is 9.47 Å². The summed E-state index contributed by atoms with van der Waals surface area (Å²) in [5.74, 6) is 0.280. The van der Waals surface area contributed by atoms with Gasteiger partial charge in [-0.15, -0.1) is 0 Å². The summed E-state index contributed by atoms with van der Waals surface area (Å²) in [6.07, 6.45) is 3.82. The fourth-order valence-electron chi connectivity index (χ4n) is 3.05. The maximum atomic E-state index is 12.3. The number of nitrogens with one attached hydrogen (secondary N) is 1. The molecule has 164 valence electrons. The lowest BCUT2D eigenvalue weighted by molar-refractivity contribution is -0.134. The zero-order chi connectivity index (χ0) is 22.9. The van der Waals surface area contributed by atoms with Crippen LogP contribution in [0.2, 0.25) is 0 Å². The normalized spacial score (nSPS) is 10.3. The van der Waals surface area contributed by atoms with E-state index in [1.807, 2.05) is 0 Å². The first-order valence-corrected chi connectivity index (χ1v) is 10.2. The predicted octanol–water partition coefficient (Wildman–Crippen LogP) is 4.61. The number of hydrogen-bond acceptors (Lipinski definition) is 6. The van der Waals surface area contributed by atoms with E-state index in [0.717, 1.165) is 0 Å². The molecular formula is C25H24N2O5. The molecule has 7 nitrogen and oxygen atoms in total. The van der Waals surface area contributed by atoms with Crippen molar-refractivity contribution in [2.24, 2.45) is 0 Å². The van der Waals surface area contributed by atoms with E-state index in [-0.39, 0.29) is 24.5 Å². The molecule has 0 aliphatic carbocycles. The van der Waals surface area contributed by atoms with Crippen molar-refractivity contribution in [1.82, 2.24) is 4.98 Å². The Kier molecular flexibility index (Phi) is 7.70. The highest BCUT2D eigenvalue weighted by atomic mass is 16.5. The van der Waals surface area contributed by atoms with Crippen LogP contribution in [0.3, 0.4) is 0 Å². The fourth-order valence-corrected chi connectivity index (χ4v) is 3.05. The summed E-state index contributed by atoms with van der Waals surface area (Å²) in [6.45, 7) is 1.79. The number of esters is 1. The molecule has 3 aromatic rings. The molecule has 0 spiro atoms. The van der Waals surface area contributed by atoms with Crippen LogP contribution in [0.5, 0.6) is 11.5 Å². The van der Waals surface area contributed by atoms with Crippen LogP contribution in [0.4, 0.5) is 5.69 Å². The second-order valence-electron chi connectivity index (χ2n) is 7.16. The summed E-state index contributed by atoms with van der Waals surface area (Å²) in [6, 6.07) is 15.3. The second kappa shape index (κ2) is 10.9. The Balaban J connectivity index is 1.49. The number of ketones is 1. The molecule has 32 heavy (non-hydrogen) atoms. The number of amides is 1. The highest BCUT2D eigenvalue weighted by Crippen LogP contribution is 2.23. The summed E-state index contributed by atoms with van der Waals surface area (Å²) >= 11 is 0. The molecule has 1 heterocycles. The molecule has 1 amide bonds. The van der Waals surface area contributed by atoms with Gasteiger partial charge in [-0.05, 0) is 61.4 Å². The highest BCUT2D eigenvalue weighted by molar-refractivity contribution is 6.04. The first-order valence-electron chi connectivity index (χ1n) is 10.2. The minimum Gasteiger partial charge on any atom is -0.497 e. The number of aromatic nitrogens is 1. The summed E-state index contributed by atoms with van der Waals surface area (Å²) in [7, 11) is 1.54. The van der Waals surface area contributed by atoms with Gasteiger partial charge in [0.1, 0.15) is 11.5 Å². The zero-order valence-corrected chi connectivity index (χ0v) is 18.0. The van der Waals surface area contributed by atoms with Gasteiger partial charge in [0.15, 0.2) is 5.78 Å². The Labute approximate surface area is 186 Å². The molecule has 0 saturated carbocycles. The van der Waals surface area contributed by atoms with Gasteiger partial charge in [-0.2, -0.15) is 0 Å². The monoisotopic (exact) mass is 432 g/mol. The lowest BCUT2D eigenvalue weighted by Crippen LogP contribution is -2.13. The standard InChI is InChI=1S/C25H24N2O5/c1-17-14-20(27-25(30)19-7-5-13-26-16-19)11-12-23(17)32-24(29)10-4-9-22(28)18-6-3-8-21(15-18)31-2/h3,5-8,11-16H,4,9-10H2,1-2H3,(H,27,30). The van der Waals surface area contributed by atoms with Gasteiger partial charge in [0, 0.05) is 36.5 Å². The number of anilines is 1. The van der Waals surface area contributed by atoms with E-state index in [1.54, 1.807) is 74.8 Å². The molecule has 2 aromatic carbocycles. The van der Waals surface area contributed by atoms with Crippen molar-refractivity contribution in [2.75, 3.05) is 12.4 Å². The first kappa shape index (κ1) is 22.7. The minimum absolute atomic E-state index is 0.0541. The summed E-state index contributed by atoms with van der Waals surface area (Å²) in [5, 5.41) is 2.78. The Bertz CT molecular complexity index is 1110. The van der Waals surface area contributed by atoms with Crippen molar-refractivity contribution < 1.29 is 23.9 Å². The molecule has 0 saturated heterocycles. The molecule has 0 bridgehead atoms. The SMILES string of the molecule is COc1cccc(C(=O)CCCC(=O)Oc2ccc(NC(=O)c3cccnc3)cc2C)c1. The predicted molar refractivity (Wildman–Crippen MR) is 120 cm³/mol. The third kappa shape index (κ3) is 6.25. The van der Waals surface area contributed by atoms with Gasteiger partial charge < -0.3 is 14.8 Å². The van der Waals surface area contributed by atoms with Crippen LogP contribution in [-0.2, 0) is 4.79 Å². The van der Waals surface area contributed by atoms with Crippen molar-refractivity contribution in [3.8, 4) is 11.5 Å². The van der Waals surface area contributed by atoms with Crippen molar-refractivity contribution in [3.63, 3.8) is 0 Å². The molecule has 0 aliphatic rings. The van der Waals surface area contributed by atoms with E-state index in [1.165, 1.54) is 6.20 Å². The maximum absolute atomic E-state index is 12.3. The minimum atomic E-state index is -0.418. The van der Waals surface area contributed by atoms with Crippen LogP contribution in [0.25, 0.3) is 0 Å². The van der Waals surface area contributed by atoms with Gasteiger partial charge in [0.2, 0.25) is 0 Å². The Morgan fingerprint density at radius 3 is 2.50 bits per heavy atom. The van der Waals surface area contributed by atoms with Crippen LogP contribution in [0, 0.1) is 6.92 Å². The Morgan fingerprint density at radius 2 is 1.78 bits per heavy atom. The molecule has 0 radical (unpaired) electrons. The third-order valence-electron chi connectivity index (χ3n) is 4.76. The number of nitrogens with zero attached hydrogens (tertiary/aromatic N) is 1. The quantitative estimate of drug-likeness (QED) is 0.301. The number of methoxy groups -OCH3 is 1. The van der Waals surface area contributed by atoms with E-state index in [0.29, 0.717) is 40.3 Å². The average Bonchev–Trinajstić information content (AvgIpc) is 2.81. The molecule has 0 aliphatic heterocycles. The van der Waals surface area contributed by atoms with E-state index in [9.17, 15) is 14.4 Å². The molecular weight excluding hydrogens is 408 g/mol. The van der Waals surface area contributed by atoms with Gasteiger partial charge in [-0.25, -0.2) is 0 Å². The number of pyridine rings is 1. The van der Waals surface area contributed by atoms with Gasteiger partial charge >= 0.3 is 5.97 Å². The summed E-state index contributed by atoms with van der Waals surface area (Å²) in [5.41, 5.74) is 2.29. The van der Waals surface area contributed by atoms with Gasteiger partial charge in [0.25, 0.3) is 5.91 Å². The molecule has 1 N–H and O–H groups in total. The van der Waals surface area contributed by atoms with Crippen molar-refractivity contribution in [2.45, 2.75) is 26.2 Å². The van der Waals surface area contributed by atoms with Crippen LogP contribution >= 0.6 is 0 Å². The molecule has 0 fully saturated rings. The number of benzene rings is 2. The van der Waals surface area contributed by atoms with Crippen LogP contribution in [0.1, 0.15) is 45.5 Å². The lowest BCUT2D eigenvalue weighted by atomic mass is 10.1. The molecule has 3 rings (SSSR count). The fraction of sp³-hybridized carbons (Fsp3) is 0.200. The Morgan fingerprint density at radius 1 is 0.969 bits per heavy atom. The largest absolute Gasteiger partial charge is 0.497 e. The molecule has 7 heteroatoms. The number of rotatable bonds is 9. The number of hydrogen-bond donors (Lipinski definition) is 1. The van der Waals surface area contributed by atoms with E-state index < -0.39 is 5.97 Å². The van der Waals surface area contributed by atoms with Crippen molar-refractivity contribution >= 4 is 23.3 Å². The van der Waals surface area contributed by atoms with Gasteiger partial charge in [-0.1, -0.05) is 12.1 Å². The summed E-state index contributed by atoms with van der Waals surface area (Å²) < 4.78 is 10.5. The van der Waals surface area contributed by atoms with Crippen molar-refractivity contribution in [1.29, 1.82) is 0 Å². The molecule has 0 atom stereocenters. The molecule has 1 aromatic heterocycles. The number of Topliss-reactive ketones (excluding diaryl/α,β-unsaturated/α-hetero) is 1. The smallest absolute Gasteiger partial charge is 0.311 e. The van der Waals surface area contributed by atoms with E-state index >= 15 is 0 Å². The van der Waals surface area contributed by atoms with E-state index in [2.05, 4.69) is 10.3 Å². The highest BCUT2D eigenvalue weighted by Gasteiger charge is 2.12. The Hall–Kier alpha value is -4.00. The van der Waals surface area contributed by atoms with Gasteiger partial charge in [0.05, 0.1) is 12.7 Å². The lowest BCUT2D eigenvalue weighted by Gasteiger charge is -2.10. The topological polar surface area (TPSA) is 94.6 Å². The average molecular weight is 432 g/mol. The number of carbonyl (C=O) groups is 3. The molecule has 0 unspecified atom stereocenters. The van der Waals surface area contributed by atoms with Crippen LogP contribution in [0.15, 0.2) is 67.0 Å². The number of aryl methyl sites for hydroxylation is 1. The first-order chi connectivity index (χ1) is 15.5. The summed E-state index contributed by atoms with van der Waals surface area (Å²) in [4.78, 5) is 40.6. The van der Waals surface area contributed by atoms with Gasteiger partial charge in [-0.3, -0.25) is 19.4 Å². The number of ether oxygens (including phenoxy) is 2. The maximum Gasteiger partial charge on any atom is 0.311 e. The van der Waals surface area contributed by atoms with Crippen LogP contribution in [-0.4, -0.2) is 29.8 Å². The van der Waals surface area contributed by atoms with Crippen molar-refractivity contribution in [3.05, 3.63) is 83.7 Å². The van der Waals surface area contributed by atoms with Crippen LogP contribution < -0.4 is 14.8 Å². The zero-order valence-electron chi connectivity index (χ0n) is 18.0. The number of carbonyl (C=O) groups excluding carboxylic acids is 3. The third-order valence-corrected chi connectivity index (χ3v) is 4.76. The second-order valence-corrected chi connectivity index (χ2v) is 7.16.